The van der Waals surface area contributed by atoms with Gasteiger partial charge in [0.25, 0.3) is 0 Å². The van der Waals surface area contributed by atoms with Crippen molar-refractivity contribution in [1.29, 1.82) is 0 Å². The maximum Gasteiger partial charge on any atom is 0.167 e. The molecule has 0 heterocycles. The molecule has 0 radical (unpaired) electrons. The number of halogens is 6. The minimum atomic E-state index is -1.70. The number of fused-ring (bicyclic) bond motifs is 2. The largest absolute Gasteiger partial charge is 0.396 e. The smallest absolute Gasteiger partial charge is 0.167 e. The molecule has 1 saturated carbocycles. The van der Waals surface area contributed by atoms with Gasteiger partial charge in [0.1, 0.15) is 9.75 Å². The lowest BCUT2D eigenvalue weighted by Gasteiger charge is -2.34. The van der Waals surface area contributed by atoms with Gasteiger partial charge in [-0.25, -0.2) is 0 Å². The van der Waals surface area contributed by atoms with E-state index in [-0.39, 0.29) is 23.3 Å². The van der Waals surface area contributed by atoms with Crippen molar-refractivity contribution in [3.8, 4) is 0 Å². The molecule has 0 aromatic rings. The van der Waals surface area contributed by atoms with Gasteiger partial charge in [-0.1, -0.05) is 46.4 Å². The van der Waals surface area contributed by atoms with Gasteiger partial charge in [-0.2, -0.15) is 0 Å². The lowest BCUT2D eigenvalue weighted by Crippen LogP contribution is -2.45. The second kappa shape index (κ2) is 4.20. The quantitative estimate of drug-likeness (QED) is 0.743. The molecule has 2 bridgehead atoms. The van der Waals surface area contributed by atoms with Crippen molar-refractivity contribution in [3.63, 3.8) is 0 Å². The molecule has 98 valence electrons. The monoisotopic (exact) mass is 358 g/mol. The van der Waals surface area contributed by atoms with Crippen LogP contribution in [0.15, 0.2) is 10.1 Å². The van der Waals surface area contributed by atoms with E-state index in [1.54, 1.807) is 0 Å². The molecule has 2 nitrogen and oxygen atoms in total. The number of alkyl halides is 4. The number of hydrogen-bond donors (Lipinski definition) is 2. The van der Waals surface area contributed by atoms with Gasteiger partial charge in [-0.3, -0.25) is 0 Å². The number of rotatable bonds is 2. The maximum atomic E-state index is 9.41. The van der Waals surface area contributed by atoms with E-state index in [4.69, 9.17) is 69.6 Å². The zero-order chi connectivity index (χ0) is 13.2. The molecule has 0 aromatic heterocycles. The minimum Gasteiger partial charge on any atom is -0.396 e. The average Bonchev–Trinajstić information content (AvgIpc) is 2.48. The Hall–Kier alpha value is 1.40. The standard InChI is InChI=1S/C9H8Cl6O2/c10-5-6(11)8(13)4(2-17)3(1-16)7(5,12)9(8,14)15/h3-4,16-17H,1-2H2/t3-,4-,7-,8+/m1/s1. The average molecular weight is 361 g/mol. The third kappa shape index (κ3) is 1.34. The molecule has 4 atom stereocenters. The number of allylic oxidation sites excluding steroid dienone is 2. The van der Waals surface area contributed by atoms with Gasteiger partial charge in [-0.15, -0.1) is 23.2 Å². The van der Waals surface area contributed by atoms with Crippen molar-refractivity contribution < 1.29 is 10.2 Å². The summed E-state index contributed by atoms with van der Waals surface area (Å²) in [7, 11) is 0. The van der Waals surface area contributed by atoms with Crippen LogP contribution in [0, 0.1) is 11.8 Å². The summed E-state index contributed by atoms with van der Waals surface area (Å²) in [6.45, 7) is -0.713. The highest BCUT2D eigenvalue weighted by molar-refractivity contribution is 6.65. The Balaban J connectivity index is 2.72. The topological polar surface area (TPSA) is 40.5 Å². The van der Waals surface area contributed by atoms with Crippen LogP contribution in [0.25, 0.3) is 0 Å². The predicted octanol–water partition coefficient (Wildman–Crippen LogP) is 3.05. The van der Waals surface area contributed by atoms with Crippen LogP contribution in [0.3, 0.4) is 0 Å². The highest BCUT2D eigenvalue weighted by atomic mass is 35.5. The normalized spacial score (nSPS) is 48.0. The molecule has 0 saturated heterocycles. The molecule has 17 heavy (non-hydrogen) atoms. The van der Waals surface area contributed by atoms with E-state index in [0.29, 0.717) is 0 Å². The summed E-state index contributed by atoms with van der Waals surface area (Å²) in [6, 6.07) is 0. The van der Waals surface area contributed by atoms with E-state index in [1.807, 2.05) is 0 Å². The fourth-order valence-electron chi connectivity index (χ4n) is 2.71. The molecular weight excluding hydrogens is 353 g/mol. The van der Waals surface area contributed by atoms with Gasteiger partial charge in [-0.05, 0) is 0 Å². The molecule has 2 aliphatic rings. The molecular formula is C9H8Cl6O2. The van der Waals surface area contributed by atoms with Crippen LogP contribution < -0.4 is 0 Å². The second-order valence-electron chi connectivity index (χ2n) is 4.20. The lowest BCUT2D eigenvalue weighted by molar-refractivity contribution is 0.120. The van der Waals surface area contributed by atoms with Crippen LogP contribution in [0.5, 0.6) is 0 Å². The Morgan fingerprint density at radius 1 is 0.824 bits per heavy atom. The van der Waals surface area contributed by atoms with E-state index in [2.05, 4.69) is 0 Å². The predicted molar refractivity (Wildman–Crippen MR) is 71.5 cm³/mol. The van der Waals surface area contributed by atoms with Crippen molar-refractivity contribution in [3.05, 3.63) is 10.1 Å². The highest BCUT2D eigenvalue weighted by Crippen LogP contribution is 2.75. The Kier molecular flexibility index (Phi) is 3.65. The molecule has 8 heteroatoms. The summed E-state index contributed by atoms with van der Waals surface area (Å²) in [5.41, 5.74) is 0. The molecule has 0 aliphatic heterocycles. The third-order valence-electron chi connectivity index (χ3n) is 3.65. The lowest BCUT2D eigenvalue weighted by atomic mass is 9.83. The first-order chi connectivity index (χ1) is 7.71. The van der Waals surface area contributed by atoms with Crippen molar-refractivity contribution >= 4 is 69.6 Å². The van der Waals surface area contributed by atoms with Gasteiger partial charge in [0.2, 0.25) is 0 Å². The van der Waals surface area contributed by atoms with E-state index in [1.165, 1.54) is 0 Å². The molecule has 2 rings (SSSR count). The summed E-state index contributed by atoms with van der Waals surface area (Å²) in [6.07, 6.45) is 0. The molecule has 2 aliphatic carbocycles. The van der Waals surface area contributed by atoms with Crippen molar-refractivity contribution in [1.82, 2.24) is 0 Å². The first-order valence-corrected chi connectivity index (χ1v) is 7.01. The van der Waals surface area contributed by atoms with Crippen LogP contribution in [0.2, 0.25) is 0 Å². The molecule has 0 spiro atoms. The van der Waals surface area contributed by atoms with Crippen LogP contribution in [0.1, 0.15) is 0 Å². The highest BCUT2D eigenvalue weighted by Gasteiger charge is 2.81. The Morgan fingerprint density at radius 2 is 1.12 bits per heavy atom. The Morgan fingerprint density at radius 3 is 1.35 bits per heavy atom. The van der Waals surface area contributed by atoms with Gasteiger partial charge >= 0.3 is 0 Å². The van der Waals surface area contributed by atoms with Crippen molar-refractivity contribution in [2.24, 2.45) is 11.8 Å². The molecule has 2 N–H and O–H groups in total. The summed E-state index contributed by atoms with van der Waals surface area (Å²) < 4.78 is -1.70. The van der Waals surface area contributed by atoms with Crippen LogP contribution in [-0.2, 0) is 0 Å². The van der Waals surface area contributed by atoms with Crippen LogP contribution in [-0.4, -0.2) is 37.5 Å². The molecule has 1 fully saturated rings. The molecule has 0 aromatic carbocycles. The summed E-state index contributed by atoms with van der Waals surface area (Å²) >= 11 is 37.3. The maximum absolute atomic E-state index is 9.41. The van der Waals surface area contributed by atoms with Crippen LogP contribution >= 0.6 is 69.6 Å². The summed E-state index contributed by atoms with van der Waals surface area (Å²) in [5.74, 6) is -1.34. The Bertz CT molecular complexity index is 363. The summed E-state index contributed by atoms with van der Waals surface area (Å²) in [5, 5.41) is 18.9. The number of aliphatic hydroxyl groups is 2. The Labute approximate surface area is 128 Å². The first-order valence-electron chi connectivity index (χ1n) is 4.74. The van der Waals surface area contributed by atoms with E-state index in [9.17, 15) is 10.2 Å². The molecule has 0 unspecified atom stereocenters. The van der Waals surface area contributed by atoms with Gasteiger partial charge in [0, 0.05) is 25.0 Å². The minimum absolute atomic E-state index is 0.0320. The fourth-order valence-corrected chi connectivity index (χ4v) is 5.78. The van der Waals surface area contributed by atoms with Gasteiger partial charge in [0.15, 0.2) is 4.33 Å². The van der Waals surface area contributed by atoms with E-state index in [0.717, 1.165) is 0 Å². The fraction of sp³-hybridized carbons (Fsp3) is 0.778. The number of hydrogen-bond acceptors (Lipinski definition) is 2. The zero-order valence-electron chi connectivity index (χ0n) is 8.23. The van der Waals surface area contributed by atoms with Gasteiger partial charge in [0.05, 0.1) is 10.1 Å². The number of aliphatic hydroxyl groups excluding tert-OH is 2. The third-order valence-corrected chi connectivity index (χ3v) is 8.00. The van der Waals surface area contributed by atoms with Gasteiger partial charge < -0.3 is 10.2 Å². The SMILES string of the molecule is OC[C@@H]1[C@@H](CO)[C@@]2(Cl)C(Cl)=C(Cl)[C@]1(Cl)C2(Cl)Cl. The van der Waals surface area contributed by atoms with Crippen LogP contribution in [0.4, 0.5) is 0 Å². The van der Waals surface area contributed by atoms with Crippen molar-refractivity contribution in [2.45, 2.75) is 14.1 Å². The van der Waals surface area contributed by atoms with Crippen molar-refractivity contribution in [2.75, 3.05) is 13.2 Å². The first kappa shape index (κ1) is 14.8. The zero-order valence-corrected chi connectivity index (χ0v) is 12.8. The second-order valence-corrected chi connectivity index (χ2v) is 7.48. The summed E-state index contributed by atoms with van der Waals surface area (Å²) in [4.78, 5) is -2.97. The molecule has 0 amide bonds. The van der Waals surface area contributed by atoms with E-state index < -0.39 is 25.9 Å². The van der Waals surface area contributed by atoms with E-state index >= 15 is 0 Å².